The van der Waals surface area contributed by atoms with Crippen molar-refractivity contribution < 1.29 is 4.79 Å². The molecular formula is C19H29ClN4O. The lowest BCUT2D eigenvalue weighted by molar-refractivity contribution is -0.125. The fraction of sp³-hybridized carbons (Fsp3) is 0.579. The molecule has 2 rings (SSSR count). The largest absolute Gasteiger partial charge is 0.357 e. The van der Waals surface area contributed by atoms with Gasteiger partial charge < -0.3 is 16.0 Å². The van der Waals surface area contributed by atoms with Gasteiger partial charge in [-0.3, -0.25) is 4.79 Å². The molecule has 1 fully saturated rings. The number of benzene rings is 1. The lowest BCUT2D eigenvalue weighted by Crippen LogP contribution is -2.42. The number of amides is 1. The van der Waals surface area contributed by atoms with Crippen LogP contribution < -0.4 is 16.0 Å². The Morgan fingerprint density at radius 2 is 1.92 bits per heavy atom. The molecule has 3 N–H and O–H groups in total. The monoisotopic (exact) mass is 364 g/mol. The Morgan fingerprint density at radius 1 is 1.16 bits per heavy atom. The lowest BCUT2D eigenvalue weighted by Gasteiger charge is -2.21. The molecule has 0 aliphatic heterocycles. The lowest BCUT2D eigenvalue weighted by atomic mass is 9.89. The highest BCUT2D eigenvalue weighted by atomic mass is 35.5. The smallest absolute Gasteiger partial charge is 0.223 e. The summed E-state index contributed by atoms with van der Waals surface area (Å²) in [6.45, 7) is 4.64. The van der Waals surface area contributed by atoms with Crippen LogP contribution in [-0.4, -0.2) is 31.5 Å². The molecule has 1 aromatic carbocycles. The average molecular weight is 365 g/mol. The minimum Gasteiger partial charge on any atom is -0.357 e. The summed E-state index contributed by atoms with van der Waals surface area (Å²) in [6, 6.07) is 7.70. The topological polar surface area (TPSA) is 65.5 Å². The van der Waals surface area contributed by atoms with Crippen molar-refractivity contribution in [1.29, 1.82) is 0 Å². The third kappa shape index (κ3) is 7.34. The molecule has 5 nitrogen and oxygen atoms in total. The molecule has 0 unspecified atom stereocenters. The van der Waals surface area contributed by atoms with Crippen molar-refractivity contribution >= 4 is 23.5 Å². The summed E-state index contributed by atoms with van der Waals surface area (Å²) in [4.78, 5) is 16.7. The van der Waals surface area contributed by atoms with Gasteiger partial charge in [0.2, 0.25) is 5.91 Å². The Hall–Kier alpha value is -1.75. The van der Waals surface area contributed by atoms with Crippen LogP contribution in [0.5, 0.6) is 0 Å². The van der Waals surface area contributed by atoms with Crippen molar-refractivity contribution in [3.63, 3.8) is 0 Å². The number of hydrogen-bond donors (Lipinski definition) is 3. The Balaban J connectivity index is 1.73. The average Bonchev–Trinajstić information content (AvgIpc) is 2.63. The van der Waals surface area contributed by atoms with E-state index in [0.717, 1.165) is 35.9 Å². The van der Waals surface area contributed by atoms with Crippen LogP contribution in [-0.2, 0) is 11.3 Å². The van der Waals surface area contributed by atoms with Gasteiger partial charge >= 0.3 is 0 Å². The molecule has 1 aliphatic carbocycles. The van der Waals surface area contributed by atoms with Crippen LogP contribution in [0.3, 0.4) is 0 Å². The second-order valence-electron chi connectivity index (χ2n) is 6.38. The van der Waals surface area contributed by atoms with Gasteiger partial charge in [-0.15, -0.1) is 0 Å². The Labute approximate surface area is 155 Å². The maximum Gasteiger partial charge on any atom is 0.223 e. The normalized spacial score (nSPS) is 15.7. The zero-order valence-corrected chi connectivity index (χ0v) is 15.7. The summed E-state index contributed by atoms with van der Waals surface area (Å²) >= 11 is 6.00. The fourth-order valence-electron chi connectivity index (χ4n) is 3.02. The molecule has 25 heavy (non-hydrogen) atoms. The predicted molar refractivity (Wildman–Crippen MR) is 104 cm³/mol. The van der Waals surface area contributed by atoms with E-state index < -0.39 is 0 Å². The minimum atomic E-state index is 0.197. The molecule has 138 valence electrons. The van der Waals surface area contributed by atoms with Gasteiger partial charge in [0.05, 0.1) is 6.54 Å². The van der Waals surface area contributed by atoms with Crippen LogP contribution in [0.25, 0.3) is 0 Å². The van der Waals surface area contributed by atoms with Crippen molar-refractivity contribution in [2.24, 2.45) is 10.9 Å². The van der Waals surface area contributed by atoms with Gasteiger partial charge in [-0.25, -0.2) is 4.99 Å². The maximum atomic E-state index is 12.1. The highest BCUT2D eigenvalue weighted by molar-refractivity contribution is 6.30. The van der Waals surface area contributed by atoms with Crippen molar-refractivity contribution in [2.75, 3.05) is 19.6 Å². The fourth-order valence-corrected chi connectivity index (χ4v) is 3.24. The third-order valence-electron chi connectivity index (χ3n) is 4.35. The van der Waals surface area contributed by atoms with E-state index in [4.69, 9.17) is 11.6 Å². The van der Waals surface area contributed by atoms with Gasteiger partial charge in [-0.2, -0.15) is 0 Å². The molecule has 0 bridgehead atoms. The van der Waals surface area contributed by atoms with E-state index in [1.54, 1.807) is 0 Å². The van der Waals surface area contributed by atoms with E-state index in [1.807, 2.05) is 31.2 Å². The number of nitrogens with one attached hydrogen (secondary N) is 3. The van der Waals surface area contributed by atoms with E-state index in [-0.39, 0.29) is 11.8 Å². The molecule has 0 saturated heterocycles. The van der Waals surface area contributed by atoms with Crippen LogP contribution in [0.4, 0.5) is 0 Å². The number of nitrogens with zero attached hydrogens (tertiary/aromatic N) is 1. The first kappa shape index (κ1) is 19.6. The van der Waals surface area contributed by atoms with Crippen LogP contribution >= 0.6 is 11.6 Å². The summed E-state index contributed by atoms with van der Waals surface area (Å²) in [7, 11) is 0. The molecule has 0 atom stereocenters. The Bertz CT molecular complexity index is 570. The molecule has 0 radical (unpaired) electrons. The van der Waals surface area contributed by atoms with Gasteiger partial charge in [0.1, 0.15) is 0 Å². The van der Waals surface area contributed by atoms with Crippen LogP contribution in [0, 0.1) is 5.92 Å². The molecule has 0 heterocycles. The summed E-state index contributed by atoms with van der Waals surface area (Å²) in [5, 5.41) is 10.2. The van der Waals surface area contributed by atoms with E-state index in [2.05, 4.69) is 20.9 Å². The number of carbonyl (C=O) groups excluding carboxylic acids is 1. The zero-order chi connectivity index (χ0) is 17.9. The Morgan fingerprint density at radius 3 is 2.64 bits per heavy atom. The molecular weight excluding hydrogens is 336 g/mol. The number of carbonyl (C=O) groups is 1. The molecule has 1 saturated carbocycles. The molecule has 0 spiro atoms. The van der Waals surface area contributed by atoms with Crippen LogP contribution in [0.2, 0.25) is 5.02 Å². The number of rotatable bonds is 7. The second kappa shape index (κ2) is 11.0. The van der Waals surface area contributed by atoms with E-state index >= 15 is 0 Å². The van der Waals surface area contributed by atoms with Crippen molar-refractivity contribution in [3.05, 3.63) is 34.9 Å². The maximum absolute atomic E-state index is 12.1. The summed E-state index contributed by atoms with van der Waals surface area (Å²) < 4.78 is 0. The number of guanidine groups is 1. The summed E-state index contributed by atoms with van der Waals surface area (Å²) in [5.74, 6) is 1.15. The number of hydrogen-bond acceptors (Lipinski definition) is 2. The molecule has 1 aliphatic rings. The highest BCUT2D eigenvalue weighted by Crippen LogP contribution is 2.23. The minimum absolute atomic E-state index is 0.197. The standard InChI is InChI=1S/C19H29ClN4O/c1-2-21-19(24-14-15-7-6-10-17(20)13-15)23-12-11-22-18(25)16-8-4-3-5-9-16/h6-7,10,13,16H,2-5,8-9,11-12,14H2,1H3,(H,22,25)(H2,21,23,24). The summed E-state index contributed by atoms with van der Waals surface area (Å²) in [6.07, 6.45) is 5.68. The first-order valence-electron chi connectivity index (χ1n) is 9.23. The SMILES string of the molecule is CCNC(=NCc1cccc(Cl)c1)NCCNC(=O)C1CCCCC1. The van der Waals surface area contributed by atoms with Gasteiger partial charge in [0.15, 0.2) is 5.96 Å². The molecule has 1 aromatic rings. The Kier molecular flexibility index (Phi) is 8.60. The highest BCUT2D eigenvalue weighted by Gasteiger charge is 2.20. The van der Waals surface area contributed by atoms with Gasteiger partial charge in [0.25, 0.3) is 0 Å². The third-order valence-corrected chi connectivity index (χ3v) is 4.58. The van der Waals surface area contributed by atoms with E-state index in [0.29, 0.717) is 19.6 Å². The summed E-state index contributed by atoms with van der Waals surface area (Å²) in [5.41, 5.74) is 1.07. The van der Waals surface area contributed by atoms with Crippen LogP contribution in [0.15, 0.2) is 29.3 Å². The molecule has 0 aromatic heterocycles. The van der Waals surface area contributed by atoms with Crippen LogP contribution in [0.1, 0.15) is 44.6 Å². The second-order valence-corrected chi connectivity index (χ2v) is 6.81. The zero-order valence-electron chi connectivity index (χ0n) is 15.0. The quantitative estimate of drug-likeness (QED) is 0.395. The van der Waals surface area contributed by atoms with Gasteiger partial charge in [-0.05, 0) is 37.5 Å². The number of aliphatic imine (C=N–C) groups is 1. The van der Waals surface area contributed by atoms with Crippen molar-refractivity contribution in [3.8, 4) is 0 Å². The molecule has 1 amide bonds. The first-order valence-corrected chi connectivity index (χ1v) is 9.61. The van der Waals surface area contributed by atoms with Crippen molar-refractivity contribution in [2.45, 2.75) is 45.6 Å². The first-order chi connectivity index (χ1) is 12.2. The van der Waals surface area contributed by atoms with Crippen molar-refractivity contribution in [1.82, 2.24) is 16.0 Å². The number of halogens is 1. The molecule has 6 heteroatoms. The van der Waals surface area contributed by atoms with E-state index in [9.17, 15) is 4.79 Å². The van der Waals surface area contributed by atoms with E-state index in [1.165, 1.54) is 19.3 Å². The van der Waals surface area contributed by atoms with Gasteiger partial charge in [-0.1, -0.05) is 43.0 Å². The predicted octanol–water partition coefficient (Wildman–Crippen LogP) is 3.09. The van der Waals surface area contributed by atoms with Gasteiger partial charge in [0, 0.05) is 30.6 Å².